The Morgan fingerprint density at radius 1 is 0.903 bits per heavy atom. The number of nitrogens with zero attached hydrogens (tertiary/aromatic N) is 2. The van der Waals surface area contributed by atoms with E-state index in [1.807, 2.05) is 54.6 Å². The third-order valence-electron chi connectivity index (χ3n) is 6.24. The maximum atomic E-state index is 12.9. The largest absolute Gasteiger partial charge is 0.457 e. The van der Waals surface area contributed by atoms with Crippen LogP contribution in [0.25, 0.3) is 5.69 Å². The van der Waals surface area contributed by atoms with Gasteiger partial charge in [0.05, 0.1) is 5.56 Å². The smallest absolute Gasteiger partial charge is 0.255 e. The molecule has 0 saturated carbocycles. The predicted molar refractivity (Wildman–Crippen MR) is 119 cm³/mol. The number of nitrogens with one attached hydrogen (secondary N) is 1. The average molecular weight is 415 g/mol. The predicted octanol–water partition coefficient (Wildman–Crippen LogP) is 3.45. The lowest BCUT2D eigenvalue weighted by atomic mass is 9.84. The number of piperidine rings is 3. The van der Waals surface area contributed by atoms with Crippen molar-refractivity contribution in [3.05, 3.63) is 88.8 Å². The van der Waals surface area contributed by atoms with Gasteiger partial charge in [-0.15, -0.1) is 0 Å². The second kappa shape index (κ2) is 8.40. The van der Waals surface area contributed by atoms with Crippen LogP contribution in [0.1, 0.15) is 23.2 Å². The van der Waals surface area contributed by atoms with Gasteiger partial charge in [0.25, 0.3) is 11.5 Å². The normalized spacial score (nSPS) is 22.1. The van der Waals surface area contributed by atoms with Crippen LogP contribution in [0.4, 0.5) is 0 Å². The summed E-state index contributed by atoms with van der Waals surface area (Å²) in [5, 5.41) is 3.19. The fourth-order valence-corrected chi connectivity index (χ4v) is 4.50. The van der Waals surface area contributed by atoms with Crippen molar-refractivity contribution in [3.63, 3.8) is 0 Å². The molecule has 3 aliphatic rings. The number of fused-ring (bicyclic) bond motifs is 3. The first-order chi connectivity index (χ1) is 15.2. The Balaban J connectivity index is 1.32. The molecule has 6 nitrogen and oxygen atoms in total. The molecule has 1 atom stereocenters. The van der Waals surface area contributed by atoms with E-state index in [4.69, 9.17) is 4.74 Å². The molecule has 2 aromatic carbocycles. The van der Waals surface area contributed by atoms with Gasteiger partial charge in [-0.2, -0.15) is 0 Å². The third-order valence-corrected chi connectivity index (χ3v) is 6.24. The number of hydrogen-bond acceptors (Lipinski definition) is 4. The minimum Gasteiger partial charge on any atom is -0.457 e. The molecule has 6 rings (SSSR count). The number of hydrogen-bond donors (Lipinski definition) is 1. The van der Waals surface area contributed by atoms with Gasteiger partial charge in [0.15, 0.2) is 0 Å². The minimum atomic E-state index is -0.184. The number of aromatic nitrogens is 1. The van der Waals surface area contributed by atoms with Crippen molar-refractivity contribution in [1.82, 2.24) is 14.8 Å². The second-order valence-electron chi connectivity index (χ2n) is 8.25. The van der Waals surface area contributed by atoms with Gasteiger partial charge >= 0.3 is 0 Å². The molecule has 3 saturated heterocycles. The molecule has 0 spiro atoms. The molecular weight excluding hydrogens is 390 g/mol. The molecule has 1 aromatic heterocycles. The Labute approximate surface area is 181 Å². The van der Waals surface area contributed by atoms with E-state index < -0.39 is 0 Å². The fraction of sp³-hybridized carbons (Fsp3) is 0.280. The van der Waals surface area contributed by atoms with Crippen molar-refractivity contribution in [1.29, 1.82) is 0 Å². The molecule has 6 heteroatoms. The molecule has 3 aromatic rings. The topological polar surface area (TPSA) is 63.6 Å². The first-order valence-electron chi connectivity index (χ1n) is 10.7. The van der Waals surface area contributed by atoms with E-state index in [9.17, 15) is 9.59 Å². The molecule has 158 valence electrons. The second-order valence-corrected chi connectivity index (χ2v) is 8.25. The Kier molecular flexibility index (Phi) is 5.30. The first kappa shape index (κ1) is 19.6. The van der Waals surface area contributed by atoms with Gasteiger partial charge in [0.1, 0.15) is 11.5 Å². The molecule has 0 aliphatic carbocycles. The summed E-state index contributed by atoms with van der Waals surface area (Å²) in [5.41, 5.74) is 0.986. The molecule has 1 N–H and O–H groups in total. The van der Waals surface area contributed by atoms with Crippen LogP contribution in [0.2, 0.25) is 0 Å². The van der Waals surface area contributed by atoms with Gasteiger partial charge in [-0.1, -0.05) is 18.2 Å². The van der Waals surface area contributed by atoms with E-state index in [-0.39, 0.29) is 17.5 Å². The minimum absolute atomic E-state index is 0.128. The lowest BCUT2D eigenvalue weighted by Crippen LogP contribution is -2.57. The monoisotopic (exact) mass is 415 g/mol. The zero-order chi connectivity index (χ0) is 21.2. The number of benzene rings is 2. The van der Waals surface area contributed by atoms with Gasteiger partial charge in [-0.3, -0.25) is 14.2 Å². The van der Waals surface area contributed by atoms with E-state index in [1.165, 1.54) is 10.6 Å². The van der Waals surface area contributed by atoms with E-state index >= 15 is 0 Å². The summed E-state index contributed by atoms with van der Waals surface area (Å²) in [6.45, 7) is 3.18. The quantitative estimate of drug-likeness (QED) is 0.693. The average Bonchev–Trinajstić information content (AvgIpc) is 2.81. The van der Waals surface area contributed by atoms with Gasteiger partial charge in [0, 0.05) is 30.5 Å². The number of carbonyl (C=O) groups excluding carboxylic acids is 1. The summed E-state index contributed by atoms with van der Waals surface area (Å²) in [6.07, 6.45) is 3.90. The van der Waals surface area contributed by atoms with Crippen molar-refractivity contribution < 1.29 is 9.53 Å². The highest BCUT2D eigenvalue weighted by Gasteiger charge is 2.35. The van der Waals surface area contributed by atoms with Crippen molar-refractivity contribution in [2.24, 2.45) is 5.92 Å². The molecule has 1 amide bonds. The van der Waals surface area contributed by atoms with Crippen LogP contribution in [0, 0.1) is 5.92 Å². The van der Waals surface area contributed by atoms with Crippen molar-refractivity contribution in [3.8, 4) is 17.2 Å². The number of ether oxygens (including phenoxy) is 1. The summed E-state index contributed by atoms with van der Waals surface area (Å²) in [6, 6.07) is 20.0. The Bertz CT molecular complexity index is 1120. The molecule has 2 bridgehead atoms. The van der Waals surface area contributed by atoms with Gasteiger partial charge in [-0.25, -0.2) is 0 Å². The number of carbonyl (C=O) groups is 1. The standard InChI is InChI=1S/C25H25N3O3/c29-24-11-6-19(25(30)26-23-17-27-14-12-18(23)13-15-27)16-28(24)20-7-9-22(10-8-20)31-21-4-2-1-3-5-21/h1-11,16,18,23H,12-15,17H2,(H,26,30). The highest BCUT2D eigenvalue weighted by molar-refractivity contribution is 5.94. The van der Waals surface area contributed by atoms with Crippen molar-refractivity contribution in [2.75, 3.05) is 19.6 Å². The van der Waals surface area contributed by atoms with Gasteiger partial charge in [0.2, 0.25) is 0 Å². The summed E-state index contributed by atoms with van der Waals surface area (Å²) < 4.78 is 7.31. The van der Waals surface area contributed by atoms with E-state index in [0.29, 0.717) is 22.9 Å². The summed E-state index contributed by atoms with van der Waals surface area (Å²) in [4.78, 5) is 27.7. The van der Waals surface area contributed by atoms with Crippen LogP contribution in [0.15, 0.2) is 77.7 Å². The Morgan fingerprint density at radius 3 is 2.29 bits per heavy atom. The molecule has 3 aliphatic heterocycles. The number of para-hydroxylation sites is 1. The van der Waals surface area contributed by atoms with Crippen molar-refractivity contribution in [2.45, 2.75) is 18.9 Å². The lowest BCUT2D eigenvalue weighted by molar-refractivity contribution is 0.0620. The highest BCUT2D eigenvalue weighted by Crippen LogP contribution is 2.27. The summed E-state index contributed by atoms with van der Waals surface area (Å²) in [5.74, 6) is 1.85. The third kappa shape index (κ3) is 4.25. The Hall–Kier alpha value is -3.38. The number of rotatable bonds is 5. The molecule has 4 heterocycles. The van der Waals surface area contributed by atoms with Crippen molar-refractivity contribution >= 4 is 5.91 Å². The zero-order valence-electron chi connectivity index (χ0n) is 17.2. The lowest BCUT2D eigenvalue weighted by Gasteiger charge is -2.44. The Morgan fingerprint density at radius 2 is 1.61 bits per heavy atom. The SMILES string of the molecule is O=C(NC1CN2CCC1CC2)c1ccc(=O)n(-c2ccc(Oc3ccccc3)cc2)c1. The van der Waals surface area contributed by atoms with Crippen LogP contribution in [-0.4, -0.2) is 41.1 Å². The fourth-order valence-electron chi connectivity index (χ4n) is 4.50. The number of pyridine rings is 1. The van der Waals surface area contributed by atoms with E-state index in [0.717, 1.165) is 38.2 Å². The van der Waals surface area contributed by atoms with Crippen LogP contribution < -0.4 is 15.6 Å². The molecule has 31 heavy (non-hydrogen) atoms. The van der Waals surface area contributed by atoms with Crippen LogP contribution >= 0.6 is 0 Å². The van der Waals surface area contributed by atoms with E-state index in [2.05, 4.69) is 10.2 Å². The molecular formula is C25H25N3O3. The summed E-state index contributed by atoms with van der Waals surface area (Å²) in [7, 11) is 0. The highest BCUT2D eigenvalue weighted by atomic mass is 16.5. The van der Waals surface area contributed by atoms with Gasteiger partial charge < -0.3 is 15.0 Å². The molecule has 3 fully saturated rings. The molecule has 0 radical (unpaired) electrons. The maximum absolute atomic E-state index is 12.9. The van der Waals surface area contributed by atoms with Crippen LogP contribution in [0.3, 0.4) is 0 Å². The van der Waals surface area contributed by atoms with E-state index in [1.54, 1.807) is 12.3 Å². The molecule has 1 unspecified atom stereocenters. The van der Waals surface area contributed by atoms with Gasteiger partial charge in [-0.05, 0) is 74.3 Å². The van der Waals surface area contributed by atoms with Crippen LogP contribution in [0.5, 0.6) is 11.5 Å². The summed E-state index contributed by atoms with van der Waals surface area (Å²) >= 11 is 0. The first-order valence-corrected chi connectivity index (χ1v) is 10.7. The number of amides is 1. The van der Waals surface area contributed by atoms with Crippen LogP contribution in [-0.2, 0) is 0 Å². The zero-order valence-corrected chi connectivity index (χ0v) is 17.2. The maximum Gasteiger partial charge on any atom is 0.255 e.